The molecule has 1 aromatic heterocycles. The van der Waals surface area contributed by atoms with Crippen molar-refractivity contribution in [1.29, 1.82) is 0 Å². The van der Waals surface area contributed by atoms with Gasteiger partial charge in [-0.2, -0.15) is 4.31 Å². The van der Waals surface area contributed by atoms with Crippen LogP contribution in [-0.2, 0) is 14.8 Å². The lowest BCUT2D eigenvalue weighted by Crippen LogP contribution is -2.53. The molecule has 0 bridgehead atoms. The van der Waals surface area contributed by atoms with E-state index >= 15 is 0 Å². The molecule has 0 spiro atoms. The molecule has 2 heterocycles. The normalized spacial score (nSPS) is 25.2. The van der Waals surface area contributed by atoms with E-state index in [2.05, 4.69) is 9.97 Å². The molecule has 1 aromatic rings. The summed E-state index contributed by atoms with van der Waals surface area (Å²) in [5, 5.41) is 0.143. The van der Waals surface area contributed by atoms with E-state index < -0.39 is 15.6 Å². The fourth-order valence-corrected chi connectivity index (χ4v) is 3.87. The summed E-state index contributed by atoms with van der Waals surface area (Å²) in [6.07, 6.45) is 1.24. The molecule has 1 aliphatic heterocycles. The van der Waals surface area contributed by atoms with E-state index in [9.17, 15) is 8.42 Å². The first kappa shape index (κ1) is 13.5. The molecule has 0 saturated carbocycles. The summed E-state index contributed by atoms with van der Waals surface area (Å²) in [6.45, 7) is 8.10. The van der Waals surface area contributed by atoms with Gasteiger partial charge < -0.3 is 9.72 Å². The number of hydrogen-bond donors (Lipinski definition) is 1. The number of rotatable bonds is 2. The summed E-state index contributed by atoms with van der Waals surface area (Å²) in [5.74, 6) is 0.592. The number of hydrogen-bond acceptors (Lipinski definition) is 4. The lowest BCUT2D eigenvalue weighted by molar-refractivity contribution is -0.109. The average molecular weight is 273 g/mol. The van der Waals surface area contributed by atoms with Gasteiger partial charge in [-0.05, 0) is 27.7 Å². The van der Waals surface area contributed by atoms with Crippen molar-refractivity contribution >= 4 is 10.0 Å². The van der Waals surface area contributed by atoms with Crippen molar-refractivity contribution < 1.29 is 13.2 Å². The summed E-state index contributed by atoms with van der Waals surface area (Å²) in [7, 11) is -3.51. The predicted molar refractivity (Wildman–Crippen MR) is 66.7 cm³/mol. The van der Waals surface area contributed by atoms with Crippen LogP contribution in [0, 0.1) is 6.92 Å². The zero-order valence-corrected chi connectivity index (χ0v) is 11.9. The summed E-state index contributed by atoms with van der Waals surface area (Å²) >= 11 is 0. The first-order valence-corrected chi connectivity index (χ1v) is 7.34. The molecule has 0 aliphatic carbocycles. The molecular formula is C11H19N3O3S. The number of H-pyrrole nitrogens is 1. The summed E-state index contributed by atoms with van der Waals surface area (Å²) in [5.41, 5.74) is -0.472. The number of imidazole rings is 1. The largest absolute Gasteiger partial charge is 0.370 e. The standard InChI is InChI=1S/C11H19N3O3S/c1-8-6-14(7-11(3,4)17-8)18(15,16)10-5-12-9(2)13-10/h5,8H,6-7H2,1-4H3,(H,12,13). The Morgan fingerprint density at radius 3 is 2.72 bits per heavy atom. The van der Waals surface area contributed by atoms with Gasteiger partial charge in [0.1, 0.15) is 5.82 Å². The molecule has 1 atom stereocenters. The van der Waals surface area contributed by atoms with Gasteiger partial charge in [-0.25, -0.2) is 13.4 Å². The minimum atomic E-state index is -3.51. The zero-order valence-electron chi connectivity index (χ0n) is 11.1. The van der Waals surface area contributed by atoms with Crippen LogP contribution in [0.1, 0.15) is 26.6 Å². The van der Waals surface area contributed by atoms with Crippen molar-refractivity contribution in [3.05, 3.63) is 12.0 Å². The molecule has 18 heavy (non-hydrogen) atoms. The van der Waals surface area contributed by atoms with Gasteiger partial charge in [0.25, 0.3) is 10.0 Å². The maximum Gasteiger partial charge on any atom is 0.260 e. The maximum atomic E-state index is 12.4. The van der Waals surface area contributed by atoms with E-state index in [-0.39, 0.29) is 11.1 Å². The van der Waals surface area contributed by atoms with E-state index in [0.717, 1.165) is 0 Å². The third kappa shape index (κ3) is 2.57. The number of aromatic amines is 1. The van der Waals surface area contributed by atoms with Gasteiger partial charge in [0.05, 0.1) is 17.9 Å². The highest BCUT2D eigenvalue weighted by Crippen LogP contribution is 2.25. The van der Waals surface area contributed by atoms with Crippen LogP contribution in [0.15, 0.2) is 11.2 Å². The Balaban J connectivity index is 2.30. The number of nitrogens with one attached hydrogen (secondary N) is 1. The Hall–Kier alpha value is -0.920. The highest BCUT2D eigenvalue weighted by molar-refractivity contribution is 7.89. The molecule has 0 amide bonds. The lowest BCUT2D eigenvalue weighted by atomic mass is 10.1. The topological polar surface area (TPSA) is 75.3 Å². The van der Waals surface area contributed by atoms with Crippen molar-refractivity contribution in [3.63, 3.8) is 0 Å². The Morgan fingerprint density at radius 1 is 1.56 bits per heavy atom. The minimum Gasteiger partial charge on any atom is -0.370 e. The second kappa shape index (κ2) is 4.32. The van der Waals surface area contributed by atoms with Gasteiger partial charge in [0, 0.05) is 13.1 Å². The van der Waals surface area contributed by atoms with Crippen LogP contribution in [0.25, 0.3) is 0 Å². The van der Waals surface area contributed by atoms with E-state index in [1.54, 1.807) is 6.92 Å². The number of ether oxygens (including phenoxy) is 1. The Kier molecular flexibility index (Phi) is 3.25. The molecule has 1 fully saturated rings. The molecule has 102 valence electrons. The van der Waals surface area contributed by atoms with Crippen LogP contribution < -0.4 is 0 Å². The van der Waals surface area contributed by atoms with E-state index in [1.807, 2.05) is 20.8 Å². The Bertz CT molecular complexity index is 535. The van der Waals surface area contributed by atoms with E-state index in [0.29, 0.717) is 18.9 Å². The Morgan fingerprint density at radius 2 is 2.22 bits per heavy atom. The third-order valence-electron chi connectivity index (χ3n) is 2.84. The summed E-state index contributed by atoms with van der Waals surface area (Å²) in [6, 6.07) is 0. The van der Waals surface area contributed by atoms with Crippen LogP contribution in [0.3, 0.4) is 0 Å². The molecular weight excluding hydrogens is 254 g/mol. The number of aromatic nitrogens is 2. The van der Waals surface area contributed by atoms with E-state index in [1.165, 1.54) is 10.5 Å². The van der Waals surface area contributed by atoms with Crippen molar-refractivity contribution in [3.8, 4) is 0 Å². The van der Waals surface area contributed by atoms with E-state index in [4.69, 9.17) is 4.74 Å². The minimum absolute atomic E-state index is 0.118. The maximum absolute atomic E-state index is 12.4. The quantitative estimate of drug-likeness (QED) is 0.869. The molecule has 0 aromatic carbocycles. The molecule has 1 aliphatic rings. The summed E-state index contributed by atoms with van der Waals surface area (Å²) < 4.78 is 32.0. The zero-order chi connectivity index (χ0) is 13.6. The number of aryl methyl sites for hydroxylation is 1. The number of morpholine rings is 1. The van der Waals surface area contributed by atoms with Crippen molar-refractivity contribution in [1.82, 2.24) is 14.3 Å². The number of nitrogens with zero attached hydrogens (tertiary/aromatic N) is 2. The van der Waals surface area contributed by atoms with Gasteiger partial charge in [-0.15, -0.1) is 0 Å². The van der Waals surface area contributed by atoms with Gasteiger partial charge in [0.15, 0.2) is 5.03 Å². The van der Waals surface area contributed by atoms with Crippen LogP contribution in [0.2, 0.25) is 0 Å². The molecule has 0 radical (unpaired) electrons. The second-order valence-corrected chi connectivity index (χ2v) is 7.22. The average Bonchev–Trinajstić information content (AvgIpc) is 2.62. The van der Waals surface area contributed by atoms with Gasteiger partial charge in [-0.3, -0.25) is 0 Å². The van der Waals surface area contributed by atoms with Gasteiger partial charge in [0.2, 0.25) is 0 Å². The van der Waals surface area contributed by atoms with Crippen molar-refractivity contribution in [2.45, 2.75) is 44.4 Å². The van der Waals surface area contributed by atoms with Crippen LogP contribution in [0.4, 0.5) is 0 Å². The van der Waals surface area contributed by atoms with Crippen molar-refractivity contribution in [2.75, 3.05) is 13.1 Å². The van der Waals surface area contributed by atoms with Gasteiger partial charge in [-0.1, -0.05) is 0 Å². The second-order valence-electron chi connectivity index (χ2n) is 5.32. The van der Waals surface area contributed by atoms with Crippen molar-refractivity contribution in [2.24, 2.45) is 0 Å². The fourth-order valence-electron chi connectivity index (χ4n) is 2.25. The molecule has 1 unspecified atom stereocenters. The Labute approximate surface area is 107 Å². The highest BCUT2D eigenvalue weighted by Gasteiger charge is 2.38. The SMILES string of the molecule is Cc1ncc(S(=O)(=O)N2CC(C)OC(C)(C)C2)[nH]1. The molecule has 1 saturated heterocycles. The smallest absolute Gasteiger partial charge is 0.260 e. The first-order valence-electron chi connectivity index (χ1n) is 5.90. The lowest BCUT2D eigenvalue weighted by Gasteiger charge is -2.40. The van der Waals surface area contributed by atoms with Crippen LogP contribution >= 0.6 is 0 Å². The highest BCUT2D eigenvalue weighted by atomic mass is 32.2. The molecule has 7 heteroatoms. The fraction of sp³-hybridized carbons (Fsp3) is 0.727. The molecule has 1 N–H and O–H groups in total. The van der Waals surface area contributed by atoms with Crippen LogP contribution in [-0.4, -0.2) is 47.5 Å². The number of sulfonamides is 1. The first-order chi connectivity index (χ1) is 8.21. The molecule has 2 rings (SSSR count). The van der Waals surface area contributed by atoms with Crippen LogP contribution in [0.5, 0.6) is 0 Å². The summed E-state index contributed by atoms with van der Waals surface area (Å²) in [4.78, 5) is 6.71. The predicted octanol–water partition coefficient (Wildman–Crippen LogP) is 0.906. The molecule has 6 nitrogen and oxygen atoms in total. The monoisotopic (exact) mass is 273 g/mol. The van der Waals surface area contributed by atoms with Gasteiger partial charge >= 0.3 is 0 Å². The third-order valence-corrected chi connectivity index (χ3v) is 4.56.